The van der Waals surface area contributed by atoms with Gasteiger partial charge >= 0.3 is 0 Å². The summed E-state index contributed by atoms with van der Waals surface area (Å²) in [5.74, 6) is -1.53. The second kappa shape index (κ2) is 31.0. The highest BCUT2D eigenvalue weighted by Gasteiger charge is 2.17. The molecule has 0 unspecified atom stereocenters. The molecule has 14 heteroatoms. The van der Waals surface area contributed by atoms with Gasteiger partial charge in [-0.1, -0.05) is 84.0 Å². The lowest BCUT2D eigenvalue weighted by atomic mass is 10.0. The predicted octanol–water partition coefficient (Wildman–Crippen LogP) is 6.21. The summed E-state index contributed by atoms with van der Waals surface area (Å²) < 4.78 is 35.4. The lowest BCUT2D eigenvalue weighted by Gasteiger charge is -2.08. The minimum absolute atomic E-state index is 0.0246. The summed E-state index contributed by atoms with van der Waals surface area (Å²) in [7, 11) is -3.50. The molecule has 0 fully saturated rings. The first-order chi connectivity index (χ1) is 24.6. The maximum atomic E-state index is 12.4. The maximum Gasteiger partial charge on any atom is 0.245 e. The monoisotopic (exact) mass is 741 g/mol. The largest absolute Gasteiger partial charge is 0.379 e. The number of hydrogen-bond donors (Lipinski definition) is 2. The normalized spacial score (nSPS) is 13.3. The number of primary amides is 1. The fraction of sp³-hybridized carbons (Fsp3) is 0.865. The van der Waals surface area contributed by atoms with Crippen LogP contribution < -0.4 is 11.1 Å². The van der Waals surface area contributed by atoms with Crippen molar-refractivity contribution in [3.8, 4) is 0 Å². The second-order valence-corrected chi connectivity index (χ2v) is 16.0. The van der Waals surface area contributed by atoms with Crippen molar-refractivity contribution in [3.63, 3.8) is 0 Å². The number of ketones is 2. The van der Waals surface area contributed by atoms with E-state index in [2.05, 4.69) is 20.8 Å². The van der Waals surface area contributed by atoms with Gasteiger partial charge in [0.1, 0.15) is 30.5 Å². The molecule has 2 amide bonds. The molecule has 1 rings (SSSR count). The van der Waals surface area contributed by atoms with Gasteiger partial charge < -0.3 is 20.5 Å². The average Bonchev–Trinajstić information content (AvgIpc) is 3.60. The Morgan fingerprint density at radius 1 is 0.725 bits per heavy atom. The summed E-state index contributed by atoms with van der Waals surface area (Å²) in [6, 6.07) is 0. The van der Waals surface area contributed by atoms with Crippen LogP contribution in [0.5, 0.6) is 0 Å². The molecule has 0 radical (unpaired) electrons. The van der Waals surface area contributed by atoms with Gasteiger partial charge in [0.05, 0.1) is 24.7 Å². The van der Waals surface area contributed by atoms with Crippen molar-refractivity contribution in [2.24, 2.45) is 27.1 Å². The molecule has 1 aliphatic rings. The molecule has 51 heavy (non-hydrogen) atoms. The number of Topliss-reactive ketones (excluding diaryl/α,β-unsaturated/α-hetero) is 2. The van der Waals surface area contributed by atoms with Gasteiger partial charge in [-0.05, 0) is 50.2 Å². The van der Waals surface area contributed by atoms with Crippen LogP contribution in [0.3, 0.4) is 0 Å². The number of hydrogen-bond acceptors (Lipinski definition) is 11. The lowest BCUT2D eigenvalue weighted by molar-refractivity contribution is -0.126. The van der Waals surface area contributed by atoms with E-state index in [1.165, 1.54) is 57.8 Å². The van der Waals surface area contributed by atoms with Gasteiger partial charge in [-0.2, -0.15) is 5.11 Å². The average molecular weight is 742 g/mol. The highest BCUT2D eigenvalue weighted by Crippen LogP contribution is 2.15. The number of sulfone groups is 1. The van der Waals surface area contributed by atoms with Crippen molar-refractivity contribution in [2.75, 3.05) is 51.0 Å². The first-order valence-electron chi connectivity index (χ1n) is 19.5. The third-order valence-corrected chi connectivity index (χ3v) is 10.6. The molecule has 0 aromatic rings. The quantitative estimate of drug-likeness (QED) is 0.0701. The summed E-state index contributed by atoms with van der Waals surface area (Å²) in [5.41, 5.74) is 6.34. The van der Waals surface area contributed by atoms with E-state index in [-0.39, 0.29) is 61.1 Å². The van der Waals surface area contributed by atoms with Crippen LogP contribution in [0.25, 0.3) is 0 Å². The molecule has 0 aliphatic carbocycles. The van der Waals surface area contributed by atoms with Gasteiger partial charge in [-0.25, -0.2) is 8.42 Å². The van der Waals surface area contributed by atoms with Crippen molar-refractivity contribution < 1.29 is 37.1 Å². The van der Waals surface area contributed by atoms with Crippen LogP contribution in [0.15, 0.2) is 15.4 Å². The highest BCUT2D eigenvalue weighted by molar-refractivity contribution is 7.92. The molecule has 0 spiro atoms. The molecule has 0 bridgehead atoms. The van der Waals surface area contributed by atoms with E-state index in [1.54, 1.807) is 6.92 Å². The van der Waals surface area contributed by atoms with Gasteiger partial charge in [-0.3, -0.25) is 19.2 Å². The minimum Gasteiger partial charge on any atom is -0.379 e. The Kier molecular flexibility index (Phi) is 28.2. The predicted molar refractivity (Wildman–Crippen MR) is 200 cm³/mol. The molecular formula is C37H67N5O8S. The topological polar surface area (TPSA) is 196 Å². The molecule has 0 saturated carbocycles. The van der Waals surface area contributed by atoms with Crippen molar-refractivity contribution in [3.05, 3.63) is 0 Å². The number of unbranched alkanes of at least 4 members (excludes halogenated alkanes) is 13. The minimum atomic E-state index is -3.50. The fourth-order valence-electron chi connectivity index (χ4n) is 5.72. The number of ether oxygens (including phenoxy) is 2. The number of carbonyl (C=O) groups excluding carboxylic acids is 4. The van der Waals surface area contributed by atoms with Crippen molar-refractivity contribution in [2.45, 2.75) is 148 Å². The van der Waals surface area contributed by atoms with Crippen LogP contribution in [-0.4, -0.2) is 88.5 Å². The van der Waals surface area contributed by atoms with Gasteiger partial charge in [0.25, 0.3) is 0 Å². The van der Waals surface area contributed by atoms with Crippen molar-refractivity contribution >= 4 is 38.9 Å². The molecular weight excluding hydrogens is 675 g/mol. The number of carbonyl (C=O) groups is 4. The Morgan fingerprint density at radius 2 is 1.31 bits per heavy atom. The number of amides is 2. The third-order valence-electron chi connectivity index (χ3n) is 8.94. The number of nitrogens with one attached hydrogen (secondary N) is 1. The smallest absolute Gasteiger partial charge is 0.245 e. The van der Waals surface area contributed by atoms with Crippen LogP contribution in [0.1, 0.15) is 148 Å². The van der Waals surface area contributed by atoms with E-state index in [9.17, 15) is 27.6 Å². The molecule has 294 valence electrons. The molecule has 0 aromatic heterocycles. The van der Waals surface area contributed by atoms with E-state index in [0.29, 0.717) is 52.0 Å². The summed E-state index contributed by atoms with van der Waals surface area (Å²) in [6.07, 6.45) is 20.1. The van der Waals surface area contributed by atoms with Crippen LogP contribution >= 0.6 is 0 Å². The molecule has 13 nitrogen and oxygen atoms in total. The Morgan fingerprint density at radius 3 is 1.94 bits per heavy atom. The number of nitrogens with two attached hydrogens (primary N) is 1. The summed E-state index contributed by atoms with van der Waals surface area (Å²) in [5, 5.41) is 14.3. The van der Waals surface area contributed by atoms with E-state index in [4.69, 9.17) is 15.2 Å². The first kappa shape index (κ1) is 46.4. The van der Waals surface area contributed by atoms with Crippen LogP contribution in [0, 0.1) is 5.92 Å². The molecule has 1 heterocycles. The van der Waals surface area contributed by atoms with Gasteiger partial charge in [0.15, 0.2) is 9.84 Å². The highest BCUT2D eigenvalue weighted by atomic mass is 32.2. The standard InChI is InChI=1S/C37H67N5O8S/c1-32(37(38)46)19-15-16-24-39-36(45)30-50-27-26-49-25-17-22-34(43)23-18-28-51(47,48)31-35(44)21-14-12-10-8-6-4-2-3-5-7-9-11-13-20-33-29-40-42-41-33/h32H,2-31H2,1H3,(H2,38,46)(H,39,45)/t32-/m0/s1. The van der Waals surface area contributed by atoms with E-state index >= 15 is 0 Å². The zero-order valence-corrected chi connectivity index (χ0v) is 32.2. The molecule has 0 saturated heterocycles. The van der Waals surface area contributed by atoms with Crippen LogP contribution in [0.2, 0.25) is 0 Å². The Bertz CT molecular complexity index is 1150. The fourth-order valence-corrected chi connectivity index (χ4v) is 7.08. The molecule has 1 aliphatic heterocycles. The Balaban J connectivity index is 1.86. The zero-order chi connectivity index (χ0) is 37.4. The maximum absolute atomic E-state index is 12.4. The van der Waals surface area contributed by atoms with E-state index in [0.717, 1.165) is 50.7 Å². The van der Waals surface area contributed by atoms with E-state index < -0.39 is 15.6 Å². The zero-order valence-electron chi connectivity index (χ0n) is 31.4. The Hall–Kier alpha value is -2.58. The third kappa shape index (κ3) is 29.7. The van der Waals surface area contributed by atoms with Gasteiger partial charge in [0.2, 0.25) is 11.8 Å². The lowest BCUT2D eigenvalue weighted by Crippen LogP contribution is -2.29. The SMILES string of the molecule is C[C@@H](CCCCNC(=O)COCCOCCCC(=O)CCCS(=O)(=O)CC(=O)CCCCCCCCCCCCCCCC1=NN=NC1)C(N)=O. The first-order valence-corrected chi connectivity index (χ1v) is 21.3. The van der Waals surface area contributed by atoms with Crippen LogP contribution in [0.4, 0.5) is 0 Å². The molecule has 1 atom stereocenters. The number of nitrogens with zero attached hydrogens (tertiary/aromatic N) is 3. The van der Waals surface area contributed by atoms with Gasteiger partial charge in [-0.15, -0.1) is 5.10 Å². The van der Waals surface area contributed by atoms with Crippen LogP contribution in [-0.2, 0) is 38.5 Å². The molecule has 0 aromatic carbocycles. The van der Waals surface area contributed by atoms with Crippen molar-refractivity contribution in [1.29, 1.82) is 0 Å². The Labute approximate surface area is 307 Å². The summed E-state index contributed by atoms with van der Waals surface area (Å²) in [4.78, 5) is 47.1. The number of rotatable bonds is 37. The van der Waals surface area contributed by atoms with E-state index in [1.807, 2.05) is 0 Å². The van der Waals surface area contributed by atoms with Crippen molar-refractivity contribution in [1.82, 2.24) is 5.32 Å². The van der Waals surface area contributed by atoms with Gasteiger partial charge in [0, 0.05) is 38.3 Å². The molecule has 3 N–H and O–H groups in total. The second-order valence-electron chi connectivity index (χ2n) is 13.8. The summed E-state index contributed by atoms with van der Waals surface area (Å²) >= 11 is 0. The summed E-state index contributed by atoms with van der Waals surface area (Å²) in [6.45, 7) is 3.84.